The van der Waals surface area contributed by atoms with E-state index in [4.69, 9.17) is 11.6 Å². The van der Waals surface area contributed by atoms with E-state index in [1.807, 2.05) is 4.90 Å². The van der Waals surface area contributed by atoms with Gasteiger partial charge < -0.3 is 14.9 Å². The van der Waals surface area contributed by atoms with Crippen LogP contribution in [0, 0.1) is 5.82 Å². The average Bonchev–Trinajstić information content (AvgIpc) is 3.13. The standard InChI is InChI=1S/C19H22ClFN6O2S/c1-19(2,30(28)29)27-5-3-4-12(10-27)25-18-15(21)9-24-17(26-18)14-8-23-16-13(14)6-11(20)7-22-16/h6-9,12H,3-5,10H2,1-2H3,(H,22,23)(H,28,29)(H,24,25,26)/t12-/m1/s1. The van der Waals surface area contributed by atoms with E-state index in [0.29, 0.717) is 35.1 Å². The Labute approximate surface area is 180 Å². The van der Waals surface area contributed by atoms with E-state index in [-0.39, 0.29) is 11.9 Å². The van der Waals surface area contributed by atoms with E-state index in [9.17, 15) is 13.2 Å². The van der Waals surface area contributed by atoms with Gasteiger partial charge in [-0.1, -0.05) is 11.6 Å². The number of aromatic amines is 1. The summed E-state index contributed by atoms with van der Waals surface area (Å²) in [6, 6.07) is 1.64. The second-order valence-electron chi connectivity index (χ2n) is 7.77. The van der Waals surface area contributed by atoms with Crippen LogP contribution in [0.3, 0.4) is 0 Å². The van der Waals surface area contributed by atoms with Gasteiger partial charge in [-0.25, -0.2) is 23.6 Å². The summed E-state index contributed by atoms with van der Waals surface area (Å²) < 4.78 is 35.8. The summed E-state index contributed by atoms with van der Waals surface area (Å²) in [4.78, 5) is 16.8. The first kappa shape index (κ1) is 21.1. The number of hydrogen-bond acceptors (Lipinski definition) is 6. The molecule has 11 heteroatoms. The van der Waals surface area contributed by atoms with Gasteiger partial charge in [0.05, 0.1) is 11.2 Å². The summed E-state index contributed by atoms with van der Waals surface area (Å²) in [5, 5.41) is 4.38. The van der Waals surface area contributed by atoms with Gasteiger partial charge >= 0.3 is 0 Å². The van der Waals surface area contributed by atoms with E-state index in [2.05, 4.69) is 25.3 Å². The second-order valence-corrected chi connectivity index (χ2v) is 9.70. The minimum Gasteiger partial charge on any atom is -0.363 e. The number of piperidine rings is 1. The molecule has 4 heterocycles. The molecule has 0 spiro atoms. The molecule has 4 rings (SSSR count). The van der Waals surface area contributed by atoms with Crippen molar-refractivity contribution >= 4 is 39.5 Å². The lowest BCUT2D eigenvalue weighted by Gasteiger charge is -2.41. The van der Waals surface area contributed by atoms with Crippen molar-refractivity contribution in [2.24, 2.45) is 0 Å². The maximum absolute atomic E-state index is 14.5. The third-order valence-corrected chi connectivity index (χ3v) is 6.75. The van der Waals surface area contributed by atoms with Gasteiger partial charge in [-0.15, -0.1) is 0 Å². The Balaban J connectivity index is 1.59. The smallest absolute Gasteiger partial charge is 0.183 e. The first-order valence-corrected chi connectivity index (χ1v) is 11.0. The van der Waals surface area contributed by atoms with Gasteiger partial charge in [0, 0.05) is 35.9 Å². The summed E-state index contributed by atoms with van der Waals surface area (Å²) in [5.74, 6) is -0.116. The van der Waals surface area contributed by atoms with Crippen molar-refractivity contribution in [2.75, 3.05) is 18.4 Å². The maximum atomic E-state index is 14.5. The van der Waals surface area contributed by atoms with Crippen LogP contribution in [0.2, 0.25) is 5.02 Å². The number of anilines is 1. The highest BCUT2D eigenvalue weighted by atomic mass is 35.5. The fourth-order valence-electron chi connectivity index (χ4n) is 3.65. The molecule has 1 unspecified atom stereocenters. The molecule has 0 aliphatic carbocycles. The Morgan fingerprint density at radius 3 is 2.97 bits per heavy atom. The first-order chi connectivity index (χ1) is 14.3. The van der Waals surface area contributed by atoms with Crippen molar-refractivity contribution in [1.82, 2.24) is 24.8 Å². The Morgan fingerprint density at radius 2 is 2.20 bits per heavy atom. The van der Waals surface area contributed by atoms with E-state index >= 15 is 0 Å². The number of rotatable bonds is 5. The highest BCUT2D eigenvalue weighted by molar-refractivity contribution is 7.80. The maximum Gasteiger partial charge on any atom is 0.183 e. The Kier molecular flexibility index (Phi) is 5.75. The van der Waals surface area contributed by atoms with Crippen LogP contribution in [0.1, 0.15) is 26.7 Å². The monoisotopic (exact) mass is 452 g/mol. The lowest BCUT2D eigenvalue weighted by molar-refractivity contribution is 0.144. The molecule has 2 atom stereocenters. The third-order valence-electron chi connectivity index (χ3n) is 5.43. The van der Waals surface area contributed by atoms with Crippen LogP contribution in [-0.4, -0.2) is 57.6 Å². The van der Waals surface area contributed by atoms with Crippen LogP contribution >= 0.6 is 11.6 Å². The first-order valence-electron chi connectivity index (χ1n) is 9.54. The number of H-pyrrole nitrogens is 1. The zero-order chi connectivity index (χ0) is 21.5. The molecule has 1 saturated heterocycles. The highest BCUT2D eigenvalue weighted by Gasteiger charge is 2.36. The van der Waals surface area contributed by atoms with Crippen molar-refractivity contribution in [3.05, 3.63) is 35.5 Å². The predicted molar refractivity (Wildman–Crippen MR) is 115 cm³/mol. The molecule has 8 nitrogen and oxygen atoms in total. The third kappa shape index (κ3) is 4.04. The predicted octanol–water partition coefficient (Wildman–Crippen LogP) is 3.65. The number of pyridine rings is 1. The molecule has 30 heavy (non-hydrogen) atoms. The lowest BCUT2D eigenvalue weighted by Crippen LogP contribution is -2.54. The van der Waals surface area contributed by atoms with Gasteiger partial charge in [0.25, 0.3) is 0 Å². The molecular weight excluding hydrogens is 431 g/mol. The largest absolute Gasteiger partial charge is 0.363 e. The molecular formula is C19H22ClFN6O2S. The van der Waals surface area contributed by atoms with Crippen LogP contribution in [0.25, 0.3) is 22.4 Å². The van der Waals surface area contributed by atoms with Crippen molar-refractivity contribution in [1.29, 1.82) is 0 Å². The van der Waals surface area contributed by atoms with Crippen LogP contribution in [0.15, 0.2) is 24.7 Å². The van der Waals surface area contributed by atoms with E-state index < -0.39 is 21.8 Å². The van der Waals surface area contributed by atoms with E-state index in [0.717, 1.165) is 24.4 Å². The van der Waals surface area contributed by atoms with Crippen LogP contribution < -0.4 is 5.32 Å². The zero-order valence-corrected chi connectivity index (χ0v) is 18.1. The number of nitrogens with one attached hydrogen (secondary N) is 2. The Hall–Kier alpha value is -2.14. The quantitative estimate of drug-likeness (QED) is 0.507. The second kappa shape index (κ2) is 8.18. The summed E-state index contributed by atoms with van der Waals surface area (Å²) >= 11 is 4.06. The van der Waals surface area contributed by atoms with Gasteiger partial charge in [-0.2, -0.15) is 0 Å². The molecule has 160 valence electrons. The fraction of sp³-hybridized carbons (Fsp3) is 0.421. The molecule has 3 aromatic heterocycles. The van der Waals surface area contributed by atoms with Crippen LogP contribution in [-0.2, 0) is 11.1 Å². The summed E-state index contributed by atoms with van der Waals surface area (Å²) in [6.45, 7) is 4.67. The molecule has 0 radical (unpaired) electrons. The molecule has 3 N–H and O–H groups in total. The highest BCUT2D eigenvalue weighted by Crippen LogP contribution is 2.29. The lowest BCUT2D eigenvalue weighted by atomic mass is 10.0. The van der Waals surface area contributed by atoms with Gasteiger partial charge in [0.1, 0.15) is 10.5 Å². The summed E-state index contributed by atoms with van der Waals surface area (Å²) in [6.07, 6.45) is 6.01. The van der Waals surface area contributed by atoms with Crippen molar-refractivity contribution in [3.63, 3.8) is 0 Å². The normalized spacial score (nSPS) is 19.2. The van der Waals surface area contributed by atoms with Gasteiger partial charge in [0.2, 0.25) is 0 Å². The number of fused-ring (bicyclic) bond motifs is 1. The van der Waals surface area contributed by atoms with E-state index in [1.54, 1.807) is 32.3 Å². The van der Waals surface area contributed by atoms with Gasteiger partial charge in [-0.3, -0.25) is 4.90 Å². The van der Waals surface area contributed by atoms with Gasteiger partial charge in [0.15, 0.2) is 28.5 Å². The molecule has 0 saturated carbocycles. The van der Waals surface area contributed by atoms with Crippen molar-refractivity contribution in [3.8, 4) is 11.4 Å². The summed E-state index contributed by atoms with van der Waals surface area (Å²) in [5.41, 5.74) is 1.31. The molecule has 1 aliphatic rings. The number of aromatic nitrogens is 4. The topological polar surface area (TPSA) is 107 Å². The summed E-state index contributed by atoms with van der Waals surface area (Å²) in [7, 11) is 0. The Bertz CT molecular complexity index is 1110. The number of likely N-dealkylation sites (tertiary alicyclic amines) is 1. The number of nitrogens with zero attached hydrogens (tertiary/aromatic N) is 4. The molecule has 1 aliphatic heterocycles. The number of hydrogen-bond donors (Lipinski definition) is 3. The van der Waals surface area contributed by atoms with Crippen molar-refractivity contribution in [2.45, 2.75) is 37.6 Å². The molecule has 3 aromatic rings. The van der Waals surface area contributed by atoms with Crippen LogP contribution in [0.5, 0.6) is 0 Å². The molecule has 0 bridgehead atoms. The SMILES string of the molecule is CC(C)(N1CCC[C@@H](Nc2nc(-c3c[nH]c4ncc(Cl)cc34)ncc2F)C1)S(=O)O. The van der Waals surface area contributed by atoms with Crippen LogP contribution in [0.4, 0.5) is 10.2 Å². The molecule has 0 amide bonds. The fourth-order valence-corrected chi connectivity index (χ4v) is 4.19. The zero-order valence-electron chi connectivity index (χ0n) is 16.5. The van der Waals surface area contributed by atoms with E-state index in [1.165, 1.54) is 0 Å². The average molecular weight is 453 g/mol. The molecule has 0 aromatic carbocycles. The molecule has 1 fully saturated rings. The number of halogens is 2. The van der Waals surface area contributed by atoms with Gasteiger partial charge in [-0.05, 0) is 39.3 Å². The minimum atomic E-state index is -2.00. The van der Waals surface area contributed by atoms with Crippen molar-refractivity contribution < 1.29 is 13.2 Å². The minimum absolute atomic E-state index is 0.0964. The Morgan fingerprint density at radius 1 is 1.40 bits per heavy atom.